The Hall–Kier alpha value is -3.42. The first kappa shape index (κ1) is 19.9. The van der Waals surface area contributed by atoms with E-state index in [-0.39, 0.29) is 17.5 Å². The maximum absolute atomic E-state index is 14.7. The smallest absolute Gasteiger partial charge is 0.257 e. The van der Waals surface area contributed by atoms with Crippen molar-refractivity contribution in [3.63, 3.8) is 0 Å². The molecule has 1 amide bonds. The van der Waals surface area contributed by atoms with Gasteiger partial charge in [-0.15, -0.1) is 0 Å². The summed E-state index contributed by atoms with van der Waals surface area (Å²) in [5.74, 6) is -0.0483. The zero-order chi connectivity index (χ0) is 21.1. The molecule has 1 N–H and O–H groups in total. The number of amides is 1. The minimum Gasteiger partial charge on any atom is -0.350 e. The van der Waals surface area contributed by atoms with Crippen molar-refractivity contribution >= 4 is 11.9 Å². The normalized spacial score (nSPS) is 16.4. The van der Waals surface area contributed by atoms with Gasteiger partial charge in [-0.05, 0) is 44.9 Å². The van der Waals surface area contributed by atoms with E-state index in [0.717, 1.165) is 24.2 Å². The summed E-state index contributed by atoms with van der Waals surface area (Å²) in [6.45, 7) is 4.84. The van der Waals surface area contributed by atoms with E-state index in [1.54, 1.807) is 35.5 Å². The lowest BCUT2D eigenvalue weighted by Gasteiger charge is -2.33. The Morgan fingerprint density at radius 2 is 1.87 bits per heavy atom. The molecule has 1 fully saturated rings. The molecule has 1 aromatic carbocycles. The van der Waals surface area contributed by atoms with Crippen molar-refractivity contribution in [1.29, 1.82) is 0 Å². The Kier molecular flexibility index (Phi) is 5.65. The number of aryl methyl sites for hydroxylation is 2. The lowest BCUT2D eigenvalue weighted by molar-refractivity contribution is 0.0710. The standard InChI is InChI=1S/C22H23FN6O/c1-14-12-15(2)27-22(26-14)28-16-6-4-11-29(13-16)21(30)19-17(7-3-8-18(19)23)20-24-9-5-10-25-20/h3,5,7-10,12,16H,4,6,11,13H2,1-2H3,(H,26,27,28). The summed E-state index contributed by atoms with van der Waals surface area (Å²) in [5, 5.41) is 3.33. The molecule has 1 aliphatic rings. The quantitative estimate of drug-likeness (QED) is 0.715. The van der Waals surface area contributed by atoms with Gasteiger partial charge >= 0.3 is 0 Å². The lowest BCUT2D eigenvalue weighted by Crippen LogP contribution is -2.45. The van der Waals surface area contributed by atoms with E-state index in [4.69, 9.17) is 0 Å². The van der Waals surface area contributed by atoms with Crippen LogP contribution in [0, 0.1) is 19.7 Å². The molecule has 4 rings (SSSR count). The van der Waals surface area contributed by atoms with Gasteiger partial charge in [0.2, 0.25) is 5.95 Å². The Balaban J connectivity index is 1.57. The fourth-order valence-electron chi connectivity index (χ4n) is 3.78. The average Bonchev–Trinajstić information content (AvgIpc) is 2.73. The van der Waals surface area contributed by atoms with E-state index in [9.17, 15) is 9.18 Å². The summed E-state index contributed by atoms with van der Waals surface area (Å²) in [7, 11) is 0. The van der Waals surface area contributed by atoms with Gasteiger partial charge in [0, 0.05) is 48.5 Å². The van der Waals surface area contributed by atoms with E-state index >= 15 is 0 Å². The maximum Gasteiger partial charge on any atom is 0.257 e. The lowest BCUT2D eigenvalue weighted by atomic mass is 10.0. The molecule has 1 aliphatic heterocycles. The number of carbonyl (C=O) groups excluding carboxylic acids is 1. The number of likely N-dealkylation sites (tertiary alicyclic amines) is 1. The van der Waals surface area contributed by atoms with E-state index in [1.807, 2.05) is 19.9 Å². The second kappa shape index (κ2) is 8.52. The van der Waals surface area contributed by atoms with Gasteiger partial charge in [-0.2, -0.15) is 0 Å². The molecular weight excluding hydrogens is 383 g/mol. The van der Waals surface area contributed by atoms with Gasteiger partial charge in [0.25, 0.3) is 5.91 Å². The molecule has 3 heterocycles. The van der Waals surface area contributed by atoms with Crippen LogP contribution in [0.15, 0.2) is 42.7 Å². The first-order valence-electron chi connectivity index (χ1n) is 9.95. The van der Waals surface area contributed by atoms with Gasteiger partial charge in [-0.25, -0.2) is 24.3 Å². The van der Waals surface area contributed by atoms with Gasteiger partial charge in [0.1, 0.15) is 5.82 Å². The number of aromatic nitrogens is 4. The highest BCUT2D eigenvalue weighted by atomic mass is 19.1. The number of anilines is 1. The molecule has 7 nitrogen and oxygen atoms in total. The van der Waals surface area contributed by atoms with Crippen LogP contribution in [0.1, 0.15) is 34.6 Å². The van der Waals surface area contributed by atoms with Crippen molar-refractivity contribution in [2.45, 2.75) is 32.7 Å². The minimum absolute atomic E-state index is 0.00648. The molecule has 154 valence electrons. The van der Waals surface area contributed by atoms with Gasteiger partial charge in [-0.3, -0.25) is 4.79 Å². The van der Waals surface area contributed by atoms with Crippen LogP contribution in [0.2, 0.25) is 0 Å². The predicted octanol–water partition coefficient (Wildman–Crippen LogP) is 3.41. The Bertz CT molecular complexity index is 1040. The number of hydrogen-bond donors (Lipinski definition) is 1. The third-order valence-electron chi connectivity index (χ3n) is 5.06. The summed E-state index contributed by atoms with van der Waals surface area (Å²) in [5.41, 5.74) is 2.17. The van der Waals surface area contributed by atoms with E-state index in [0.29, 0.717) is 30.4 Å². The molecule has 1 unspecified atom stereocenters. The summed E-state index contributed by atoms with van der Waals surface area (Å²) >= 11 is 0. The molecule has 0 aliphatic carbocycles. The minimum atomic E-state index is -0.572. The van der Waals surface area contributed by atoms with Gasteiger partial charge < -0.3 is 10.2 Å². The molecule has 30 heavy (non-hydrogen) atoms. The van der Waals surface area contributed by atoms with Crippen molar-refractivity contribution < 1.29 is 9.18 Å². The molecule has 0 saturated carbocycles. The molecule has 0 spiro atoms. The van der Waals surface area contributed by atoms with Crippen LogP contribution in [0.25, 0.3) is 11.4 Å². The average molecular weight is 406 g/mol. The summed E-state index contributed by atoms with van der Waals surface area (Å²) in [6.07, 6.45) is 4.84. The highest BCUT2D eigenvalue weighted by molar-refractivity contribution is 6.00. The van der Waals surface area contributed by atoms with Crippen LogP contribution in [-0.2, 0) is 0 Å². The number of hydrogen-bond acceptors (Lipinski definition) is 6. The summed E-state index contributed by atoms with van der Waals surface area (Å²) < 4.78 is 14.7. The number of carbonyl (C=O) groups is 1. The number of piperidine rings is 1. The molecule has 2 aromatic heterocycles. The van der Waals surface area contributed by atoms with Crippen molar-refractivity contribution in [2.24, 2.45) is 0 Å². The monoisotopic (exact) mass is 406 g/mol. The Labute approximate surface area is 174 Å². The van der Waals surface area contributed by atoms with Crippen molar-refractivity contribution in [3.8, 4) is 11.4 Å². The molecule has 0 bridgehead atoms. The highest BCUT2D eigenvalue weighted by Gasteiger charge is 2.29. The fourth-order valence-corrected chi connectivity index (χ4v) is 3.78. The van der Waals surface area contributed by atoms with Crippen molar-refractivity contribution in [2.75, 3.05) is 18.4 Å². The molecule has 8 heteroatoms. The van der Waals surface area contributed by atoms with Gasteiger partial charge in [0.15, 0.2) is 5.82 Å². The van der Waals surface area contributed by atoms with Crippen LogP contribution >= 0.6 is 0 Å². The van der Waals surface area contributed by atoms with Crippen molar-refractivity contribution in [1.82, 2.24) is 24.8 Å². The first-order valence-corrected chi connectivity index (χ1v) is 9.95. The fraction of sp³-hybridized carbons (Fsp3) is 0.318. The van der Waals surface area contributed by atoms with E-state index < -0.39 is 5.82 Å². The maximum atomic E-state index is 14.7. The number of halogens is 1. The Morgan fingerprint density at radius 3 is 2.60 bits per heavy atom. The topological polar surface area (TPSA) is 83.9 Å². The van der Waals surface area contributed by atoms with Crippen LogP contribution in [-0.4, -0.2) is 49.9 Å². The SMILES string of the molecule is Cc1cc(C)nc(NC2CCCN(C(=O)c3c(F)cccc3-c3ncccn3)C2)n1. The number of benzene rings is 1. The summed E-state index contributed by atoms with van der Waals surface area (Å²) in [4.78, 5) is 32.2. The van der Waals surface area contributed by atoms with Gasteiger partial charge in [0.05, 0.1) is 5.56 Å². The molecular formula is C22H23FN6O. The van der Waals surface area contributed by atoms with E-state index in [1.165, 1.54) is 6.07 Å². The largest absolute Gasteiger partial charge is 0.350 e. The molecule has 3 aromatic rings. The third kappa shape index (κ3) is 4.27. The predicted molar refractivity (Wildman–Crippen MR) is 111 cm³/mol. The number of rotatable bonds is 4. The number of nitrogens with one attached hydrogen (secondary N) is 1. The summed E-state index contributed by atoms with van der Waals surface area (Å²) in [6, 6.07) is 8.12. The Morgan fingerprint density at radius 1 is 1.13 bits per heavy atom. The van der Waals surface area contributed by atoms with Crippen LogP contribution in [0.4, 0.5) is 10.3 Å². The zero-order valence-electron chi connectivity index (χ0n) is 17.0. The third-order valence-corrected chi connectivity index (χ3v) is 5.06. The van der Waals surface area contributed by atoms with E-state index in [2.05, 4.69) is 25.3 Å². The van der Waals surface area contributed by atoms with Crippen molar-refractivity contribution in [3.05, 3.63) is 65.5 Å². The second-order valence-corrected chi connectivity index (χ2v) is 7.44. The number of nitrogens with zero attached hydrogens (tertiary/aromatic N) is 5. The van der Waals surface area contributed by atoms with Gasteiger partial charge in [-0.1, -0.05) is 12.1 Å². The molecule has 1 saturated heterocycles. The highest BCUT2D eigenvalue weighted by Crippen LogP contribution is 2.26. The van der Waals surface area contributed by atoms with Crippen LogP contribution in [0.3, 0.4) is 0 Å². The van der Waals surface area contributed by atoms with Crippen LogP contribution in [0.5, 0.6) is 0 Å². The zero-order valence-corrected chi connectivity index (χ0v) is 17.0. The molecule has 1 atom stereocenters. The first-order chi connectivity index (χ1) is 14.5. The second-order valence-electron chi connectivity index (χ2n) is 7.44. The van der Waals surface area contributed by atoms with Crippen LogP contribution < -0.4 is 5.32 Å². The molecule has 0 radical (unpaired) electrons.